The van der Waals surface area contributed by atoms with E-state index in [1.165, 1.54) is 4.80 Å². The first-order valence-electron chi connectivity index (χ1n) is 8.66. The van der Waals surface area contributed by atoms with E-state index in [1.807, 2.05) is 55.5 Å². The number of aromatic nitrogens is 3. The summed E-state index contributed by atoms with van der Waals surface area (Å²) in [4.78, 5) is 16.5. The smallest absolute Gasteiger partial charge is 0.280 e. The summed E-state index contributed by atoms with van der Waals surface area (Å²) in [7, 11) is 1.63. The van der Waals surface area contributed by atoms with Gasteiger partial charge in [-0.2, -0.15) is 9.90 Å². The van der Waals surface area contributed by atoms with E-state index >= 15 is 0 Å². The van der Waals surface area contributed by atoms with Crippen LogP contribution in [0.2, 0.25) is 0 Å². The minimum atomic E-state index is -0.143. The van der Waals surface area contributed by atoms with Crippen LogP contribution in [0.25, 0.3) is 5.69 Å². The average Bonchev–Trinajstić information content (AvgIpc) is 3.09. The van der Waals surface area contributed by atoms with E-state index in [-0.39, 0.29) is 5.91 Å². The van der Waals surface area contributed by atoms with E-state index in [0.29, 0.717) is 23.7 Å². The van der Waals surface area contributed by atoms with Crippen LogP contribution in [0.5, 0.6) is 5.75 Å². The van der Waals surface area contributed by atoms with Gasteiger partial charge in [0.1, 0.15) is 5.75 Å². The molecular weight excluding hydrogens is 328 g/mol. The van der Waals surface area contributed by atoms with Gasteiger partial charge in [0.25, 0.3) is 5.91 Å². The van der Waals surface area contributed by atoms with Gasteiger partial charge < -0.3 is 9.64 Å². The third kappa shape index (κ3) is 2.73. The van der Waals surface area contributed by atoms with Crippen molar-refractivity contribution in [2.24, 2.45) is 0 Å². The molecule has 0 aliphatic carbocycles. The number of anilines is 1. The first-order valence-corrected chi connectivity index (χ1v) is 8.66. The number of nitrogens with zero attached hydrogens (tertiary/aromatic N) is 4. The lowest BCUT2D eigenvalue weighted by atomic mass is 10.0. The number of hydrogen-bond acceptors (Lipinski definition) is 4. The van der Waals surface area contributed by atoms with Crippen LogP contribution in [0.1, 0.15) is 28.2 Å². The minimum absolute atomic E-state index is 0.143. The number of aryl methyl sites for hydroxylation is 2. The summed E-state index contributed by atoms with van der Waals surface area (Å²) in [6, 6.07) is 15.5. The molecule has 26 heavy (non-hydrogen) atoms. The molecule has 0 saturated carbocycles. The van der Waals surface area contributed by atoms with Crippen LogP contribution in [0, 0.1) is 6.92 Å². The van der Waals surface area contributed by atoms with Crippen LogP contribution in [-0.4, -0.2) is 34.6 Å². The lowest BCUT2D eigenvalue weighted by Gasteiger charge is -2.30. The van der Waals surface area contributed by atoms with Crippen molar-refractivity contribution in [2.75, 3.05) is 18.6 Å². The predicted molar refractivity (Wildman–Crippen MR) is 99.1 cm³/mol. The first kappa shape index (κ1) is 16.3. The topological polar surface area (TPSA) is 60.2 Å². The highest BCUT2D eigenvalue weighted by molar-refractivity contribution is 6.07. The minimum Gasteiger partial charge on any atom is -0.495 e. The summed E-state index contributed by atoms with van der Waals surface area (Å²) in [5.41, 5.74) is 3.77. The van der Waals surface area contributed by atoms with Gasteiger partial charge in [0, 0.05) is 6.54 Å². The Morgan fingerprint density at radius 2 is 1.88 bits per heavy atom. The number of para-hydroxylation sites is 2. The molecule has 2 aromatic carbocycles. The Bertz CT molecular complexity index is 935. The molecule has 1 aromatic heterocycles. The van der Waals surface area contributed by atoms with Gasteiger partial charge in [-0.25, -0.2) is 0 Å². The number of carbonyl (C=O) groups is 1. The molecule has 1 amide bonds. The summed E-state index contributed by atoms with van der Waals surface area (Å²) in [5.74, 6) is 0.568. The standard InChI is InChI=1S/C20H20N4O2/c1-14-18(22-24(21-14)16-10-4-3-5-11-16)20(25)23-13-7-9-15-8-6-12-17(26-2)19(15)23/h3-6,8,10-12H,7,9,13H2,1-2H3. The summed E-state index contributed by atoms with van der Waals surface area (Å²) in [5, 5.41) is 8.88. The first-order chi connectivity index (χ1) is 12.7. The number of amides is 1. The summed E-state index contributed by atoms with van der Waals surface area (Å²) < 4.78 is 5.50. The molecule has 6 heteroatoms. The molecule has 0 unspecified atom stereocenters. The van der Waals surface area contributed by atoms with Gasteiger partial charge >= 0.3 is 0 Å². The van der Waals surface area contributed by atoms with Crippen molar-refractivity contribution in [1.82, 2.24) is 15.0 Å². The molecule has 132 valence electrons. The molecule has 1 aliphatic heterocycles. The monoisotopic (exact) mass is 348 g/mol. The van der Waals surface area contributed by atoms with Gasteiger partial charge in [-0.05, 0) is 43.5 Å². The molecule has 0 radical (unpaired) electrons. The molecule has 4 rings (SSSR count). The van der Waals surface area contributed by atoms with E-state index < -0.39 is 0 Å². The fourth-order valence-electron chi connectivity index (χ4n) is 3.36. The lowest BCUT2D eigenvalue weighted by molar-refractivity contribution is 0.0978. The van der Waals surface area contributed by atoms with E-state index in [0.717, 1.165) is 29.8 Å². The zero-order valence-corrected chi connectivity index (χ0v) is 14.8. The molecular formula is C20H20N4O2. The van der Waals surface area contributed by atoms with Crippen LogP contribution in [-0.2, 0) is 6.42 Å². The van der Waals surface area contributed by atoms with Crippen LogP contribution in [0.15, 0.2) is 48.5 Å². The fraction of sp³-hybridized carbons (Fsp3) is 0.250. The Morgan fingerprint density at radius 3 is 2.65 bits per heavy atom. The highest BCUT2D eigenvalue weighted by Gasteiger charge is 2.29. The summed E-state index contributed by atoms with van der Waals surface area (Å²) in [6.45, 7) is 2.45. The molecule has 0 fully saturated rings. The van der Waals surface area contributed by atoms with Gasteiger partial charge in [-0.1, -0.05) is 30.3 Å². The zero-order chi connectivity index (χ0) is 18.1. The molecule has 0 bridgehead atoms. The van der Waals surface area contributed by atoms with Crippen molar-refractivity contribution in [3.05, 3.63) is 65.5 Å². The number of ether oxygens (including phenoxy) is 1. The van der Waals surface area contributed by atoms with Crippen molar-refractivity contribution in [3.63, 3.8) is 0 Å². The molecule has 1 aliphatic rings. The van der Waals surface area contributed by atoms with Crippen LogP contribution in [0.3, 0.4) is 0 Å². The molecule has 3 aromatic rings. The Morgan fingerprint density at radius 1 is 1.08 bits per heavy atom. The molecule has 0 atom stereocenters. The number of hydrogen-bond donors (Lipinski definition) is 0. The van der Waals surface area contributed by atoms with E-state index in [2.05, 4.69) is 10.2 Å². The van der Waals surface area contributed by atoms with Crippen LogP contribution >= 0.6 is 0 Å². The normalized spacial score (nSPS) is 13.4. The van der Waals surface area contributed by atoms with Gasteiger partial charge in [-0.15, -0.1) is 5.10 Å². The summed E-state index contributed by atoms with van der Waals surface area (Å²) in [6.07, 6.45) is 1.85. The highest BCUT2D eigenvalue weighted by Crippen LogP contribution is 2.36. The lowest BCUT2D eigenvalue weighted by Crippen LogP contribution is -2.36. The Hall–Kier alpha value is -3.15. The number of methoxy groups -OCH3 is 1. The van der Waals surface area contributed by atoms with E-state index in [9.17, 15) is 4.79 Å². The van der Waals surface area contributed by atoms with Crippen molar-refractivity contribution in [1.29, 1.82) is 0 Å². The SMILES string of the molecule is COc1cccc2c1N(C(=O)c1nn(-c3ccccc3)nc1C)CCC2. The number of benzene rings is 2. The third-order valence-electron chi connectivity index (χ3n) is 4.62. The maximum atomic E-state index is 13.3. The van der Waals surface area contributed by atoms with Crippen molar-refractivity contribution >= 4 is 11.6 Å². The number of rotatable bonds is 3. The molecule has 0 N–H and O–H groups in total. The Labute approximate surface area is 152 Å². The van der Waals surface area contributed by atoms with Gasteiger partial charge in [-0.3, -0.25) is 4.79 Å². The van der Waals surface area contributed by atoms with E-state index in [1.54, 1.807) is 12.0 Å². The third-order valence-corrected chi connectivity index (χ3v) is 4.62. The fourth-order valence-corrected chi connectivity index (χ4v) is 3.36. The number of carbonyl (C=O) groups excluding carboxylic acids is 1. The van der Waals surface area contributed by atoms with E-state index in [4.69, 9.17) is 4.74 Å². The molecule has 6 nitrogen and oxygen atoms in total. The largest absolute Gasteiger partial charge is 0.495 e. The Kier molecular flexibility index (Phi) is 4.16. The molecule has 2 heterocycles. The zero-order valence-electron chi connectivity index (χ0n) is 14.8. The van der Waals surface area contributed by atoms with Crippen molar-refractivity contribution in [2.45, 2.75) is 19.8 Å². The van der Waals surface area contributed by atoms with Gasteiger partial charge in [0.2, 0.25) is 0 Å². The van der Waals surface area contributed by atoms with Crippen molar-refractivity contribution in [3.8, 4) is 11.4 Å². The highest BCUT2D eigenvalue weighted by atomic mass is 16.5. The van der Waals surface area contributed by atoms with Crippen LogP contribution < -0.4 is 9.64 Å². The molecule has 0 spiro atoms. The second-order valence-electron chi connectivity index (χ2n) is 6.29. The Balaban J connectivity index is 1.73. The average molecular weight is 348 g/mol. The predicted octanol–water partition coefficient (Wildman–Crippen LogP) is 3.18. The van der Waals surface area contributed by atoms with Gasteiger partial charge in [0.05, 0.1) is 24.2 Å². The maximum Gasteiger partial charge on any atom is 0.280 e. The quantitative estimate of drug-likeness (QED) is 0.729. The van der Waals surface area contributed by atoms with Crippen LogP contribution in [0.4, 0.5) is 5.69 Å². The summed E-state index contributed by atoms with van der Waals surface area (Å²) >= 11 is 0. The second-order valence-corrected chi connectivity index (χ2v) is 6.29. The molecule has 0 saturated heterocycles. The van der Waals surface area contributed by atoms with Gasteiger partial charge in [0.15, 0.2) is 5.69 Å². The number of fused-ring (bicyclic) bond motifs is 1. The second kappa shape index (κ2) is 6.63. The van der Waals surface area contributed by atoms with Crippen molar-refractivity contribution < 1.29 is 9.53 Å². The maximum absolute atomic E-state index is 13.3.